The molecule has 6 nitrogen and oxygen atoms in total. The third-order valence-electron chi connectivity index (χ3n) is 2.07. The van der Waals surface area contributed by atoms with Crippen molar-refractivity contribution in [2.24, 2.45) is 0 Å². The van der Waals surface area contributed by atoms with Crippen molar-refractivity contribution in [3.63, 3.8) is 0 Å². The monoisotopic (exact) mass is 241 g/mol. The average Bonchev–Trinajstić information content (AvgIpc) is 2.39. The zero-order chi connectivity index (χ0) is 13.0. The molecule has 2 rings (SSSR count). The quantitative estimate of drug-likeness (QED) is 0.880. The van der Waals surface area contributed by atoms with Crippen molar-refractivity contribution in [2.45, 2.75) is 0 Å². The number of carboxylic acids is 1. The van der Waals surface area contributed by atoms with Gasteiger partial charge in [0.15, 0.2) is 0 Å². The van der Waals surface area contributed by atoms with Crippen LogP contribution in [0.3, 0.4) is 0 Å². The third-order valence-corrected chi connectivity index (χ3v) is 2.07. The largest absolute Gasteiger partial charge is 0.478 e. The molecule has 0 amide bonds. The van der Waals surface area contributed by atoms with Gasteiger partial charge in [-0.25, -0.2) is 9.78 Å². The van der Waals surface area contributed by atoms with E-state index in [1.165, 1.54) is 24.4 Å². The van der Waals surface area contributed by atoms with Crippen molar-refractivity contribution in [3.8, 4) is 17.8 Å². The van der Waals surface area contributed by atoms with Gasteiger partial charge in [-0.3, -0.25) is 0 Å². The summed E-state index contributed by atoms with van der Waals surface area (Å²) in [5.74, 6) is -0.984. The smallest absolute Gasteiger partial charge is 0.339 e. The van der Waals surface area contributed by atoms with Gasteiger partial charge in [0, 0.05) is 6.20 Å². The molecule has 0 fully saturated rings. The maximum atomic E-state index is 11.0. The normalized spacial score (nSPS) is 9.50. The fourth-order valence-electron chi connectivity index (χ4n) is 1.28. The Bertz CT molecular complexity index is 634. The first kappa shape index (κ1) is 11.5. The molecule has 0 unspecified atom stereocenters. The predicted octanol–water partition coefficient (Wildman–Crippen LogP) is 1.84. The van der Waals surface area contributed by atoms with E-state index in [9.17, 15) is 4.79 Å². The molecule has 1 aromatic carbocycles. The summed E-state index contributed by atoms with van der Waals surface area (Å²) in [6.45, 7) is 0. The van der Waals surface area contributed by atoms with Crippen molar-refractivity contribution < 1.29 is 14.6 Å². The molecule has 0 radical (unpaired) electrons. The minimum absolute atomic E-state index is 0.00320. The van der Waals surface area contributed by atoms with Crippen LogP contribution in [0.25, 0.3) is 0 Å². The second-order valence-electron chi connectivity index (χ2n) is 3.24. The topological polar surface area (TPSA) is 96.1 Å². The highest BCUT2D eigenvalue weighted by Gasteiger charge is 2.12. The van der Waals surface area contributed by atoms with Gasteiger partial charge in [0.1, 0.15) is 23.1 Å². The number of aromatic nitrogens is 2. The molecule has 88 valence electrons. The number of nitrogens with zero attached hydrogens (tertiary/aromatic N) is 3. The number of hydrogen-bond acceptors (Lipinski definition) is 5. The third kappa shape index (κ3) is 2.41. The molecule has 1 aromatic heterocycles. The van der Waals surface area contributed by atoms with Gasteiger partial charge in [-0.2, -0.15) is 10.2 Å². The molecule has 0 aliphatic heterocycles. The Labute approximate surface area is 102 Å². The zero-order valence-corrected chi connectivity index (χ0v) is 9.07. The highest BCUT2D eigenvalue weighted by Crippen LogP contribution is 2.22. The molecule has 0 aliphatic rings. The molecule has 0 spiro atoms. The summed E-state index contributed by atoms with van der Waals surface area (Å²) < 4.78 is 5.26. The summed E-state index contributed by atoms with van der Waals surface area (Å²) in [5.41, 5.74) is 0.149. The summed E-state index contributed by atoms with van der Waals surface area (Å²) in [5, 5.41) is 17.7. The first-order valence-corrected chi connectivity index (χ1v) is 4.94. The van der Waals surface area contributed by atoms with Crippen LogP contribution in [0, 0.1) is 11.3 Å². The minimum Gasteiger partial charge on any atom is -0.478 e. The van der Waals surface area contributed by atoms with E-state index in [2.05, 4.69) is 9.97 Å². The van der Waals surface area contributed by atoms with Crippen molar-refractivity contribution >= 4 is 5.97 Å². The number of aromatic carboxylic acids is 1. The molecule has 1 N–H and O–H groups in total. The highest BCUT2D eigenvalue weighted by atomic mass is 16.5. The summed E-state index contributed by atoms with van der Waals surface area (Å²) >= 11 is 0. The van der Waals surface area contributed by atoms with Gasteiger partial charge < -0.3 is 9.84 Å². The Morgan fingerprint density at radius 3 is 2.83 bits per heavy atom. The van der Waals surface area contributed by atoms with E-state index in [0.717, 1.165) is 0 Å². The standard InChI is InChI=1S/C12H7N3O3/c13-7-8-5-6-14-12(15-8)18-10-4-2-1-3-9(10)11(16)17/h1-6H,(H,16,17). The molecular formula is C12H7N3O3. The van der Waals surface area contributed by atoms with Crippen LogP contribution in [-0.4, -0.2) is 21.0 Å². The van der Waals surface area contributed by atoms with Crippen LogP contribution in [0.15, 0.2) is 36.5 Å². The van der Waals surface area contributed by atoms with Crippen LogP contribution < -0.4 is 4.74 Å². The summed E-state index contributed by atoms with van der Waals surface area (Å²) in [6, 6.07) is 9.32. The number of carboxylic acid groups (broad SMARTS) is 1. The van der Waals surface area contributed by atoms with Gasteiger partial charge in [-0.05, 0) is 18.2 Å². The number of hydrogen-bond donors (Lipinski definition) is 1. The first-order chi connectivity index (χ1) is 8.70. The number of rotatable bonds is 3. The molecule has 6 heteroatoms. The molecule has 0 saturated heterocycles. The minimum atomic E-state index is -1.11. The lowest BCUT2D eigenvalue weighted by atomic mass is 10.2. The van der Waals surface area contributed by atoms with Crippen LogP contribution in [-0.2, 0) is 0 Å². The first-order valence-electron chi connectivity index (χ1n) is 4.94. The lowest BCUT2D eigenvalue weighted by molar-refractivity contribution is 0.0694. The maximum Gasteiger partial charge on any atom is 0.339 e. The van der Waals surface area contributed by atoms with Crippen molar-refractivity contribution in [2.75, 3.05) is 0 Å². The van der Waals surface area contributed by atoms with Gasteiger partial charge >= 0.3 is 12.0 Å². The Morgan fingerprint density at radius 2 is 2.11 bits per heavy atom. The molecule has 0 saturated carbocycles. The lowest BCUT2D eigenvalue weighted by Gasteiger charge is -2.06. The number of carbonyl (C=O) groups is 1. The number of para-hydroxylation sites is 1. The second-order valence-corrected chi connectivity index (χ2v) is 3.24. The van der Waals surface area contributed by atoms with Crippen LogP contribution in [0.2, 0.25) is 0 Å². The summed E-state index contributed by atoms with van der Waals surface area (Å²) in [4.78, 5) is 18.6. The SMILES string of the molecule is N#Cc1ccnc(Oc2ccccc2C(=O)O)n1. The highest BCUT2D eigenvalue weighted by molar-refractivity contribution is 5.90. The molecule has 18 heavy (non-hydrogen) atoms. The molecule has 0 bridgehead atoms. The van der Waals surface area contributed by atoms with Crippen LogP contribution in [0.1, 0.15) is 16.1 Å². The Kier molecular flexibility index (Phi) is 3.16. The van der Waals surface area contributed by atoms with E-state index < -0.39 is 5.97 Å². The fourth-order valence-corrected chi connectivity index (χ4v) is 1.28. The number of benzene rings is 1. The average molecular weight is 241 g/mol. The predicted molar refractivity (Wildman–Crippen MR) is 60.2 cm³/mol. The molecule has 0 aliphatic carbocycles. The van der Waals surface area contributed by atoms with E-state index >= 15 is 0 Å². The van der Waals surface area contributed by atoms with Gasteiger partial charge in [-0.15, -0.1) is 0 Å². The van der Waals surface area contributed by atoms with Gasteiger partial charge in [0.05, 0.1) is 0 Å². The molecular weight excluding hydrogens is 234 g/mol. The van der Waals surface area contributed by atoms with Gasteiger partial charge in [-0.1, -0.05) is 12.1 Å². The van der Waals surface area contributed by atoms with Crippen LogP contribution in [0.5, 0.6) is 11.8 Å². The Hall–Kier alpha value is -2.94. The van der Waals surface area contributed by atoms with E-state index in [1.807, 2.05) is 6.07 Å². The molecule has 0 atom stereocenters. The van der Waals surface area contributed by atoms with Gasteiger partial charge in [0.25, 0.3) is 0 Å². The van der Waals surface area contributed by atoms with Crippen LogP contribution >= 0.6 is 0 Å². The summed E-state index contributed by atoms with van der Waals surface area (Å²) in [7, 11) is 0. The van der Waals surface area contributed by atoms with E-state index in [-0.39, 0.29) is 23.0 Å². The van der Waals surface area contributed by atoms with Crippen molar-refractivity contribution in [1.29, 1.82) is 5.26 Å². The fraction of sp³-hybridized carbons (Fsp3) is 0. The van der Waals surface area contributed by atoms with Crippen molar-refractivity contribution in [3.05, 3.63) is 47.8 Å². The van der Waals surface area contributed by atoms with Gasteiger partial charge in [0.2, 0.25) is 0 Å². The lowest BCUT2D eigenvalue weighted by Crippen LogP contribution is -2.01. The zero-order valence-electron chi connectivity index (χ0n) is 9.07. The molecule has 1 heterocycles. The van der Waals surface area contributed by atoms with E-state index in [0.29, 0.717) is 0 Å². The second kappa shape index (κ2) is 4.93. The Balaban J connectivity index is 2.34. The summed E-state index contributed by atoms with van der Waals surface area (Å²) in [6.07, 6.45) is 1.37. The maximum absolute atomic E-state index is 11.0. The van der Waals surface area contributed by atoms with E-state index in [4.69, 9.17) is 15.1 Å². The molecule has 2 aromatic rings. The Morgan fingerprint density at radius 1 is 1.33 bits per heavy atom. The number of nitriles is 1. The number of ether oxygens (including phenoxy) is 1. The van der Waals surface area contributed by atoms with E-state index in [1.54, 1.807) is 12.1 Å². The van der Waals surface area contributed by atoms with Crippen LogP contribution in [0.4, 0.5) is 0 Å². The van der Waals surface area contributed by atoms with Crippen molar-refractivity contribution in [1.82, 2.24) is 9.97 Å².